The molecule has 0 spiro atoms. The predicted molar refractivity (Wildman–Crippen MR) is 102 cm³/mol. The first-order chi connectivity index (χ1) is 12.6. The highest BCUT2D eigenvalue weighted by Gasteiger charge is 2.27. The quantitative estimate of drug-likeness (QED) is 0.806. The molecule has 0 radical (unpaired) electrons. The maximum absolute atomic E-state index is 13.1. The lowest BCUT2D eigenvalue weighted by molar-refractivity contribution is 0.260. The van der Waals surface area contributed by atoms with Gasteiger partial charge in [0.05, 0.1) is 4.90 Å². The minimum Gasteiger partial charge on any atom is -0.305 e. The van der Waals surface area contributed by atoms with E-state index in [1.165, 1.54) is 22.3 Å². The number of benzene rings is 2. The van der Waals surface area contributed by atoms with Crippen molar-refractivity contribution in [1.82, 2.24) is 4.72 Å². The molecule has 6 heteroatoms. The summed E-state index contributed by atoms with van der Waals surface area (Å²) < 4.78 is 20.1. The Labute approximate surface area is 153 Å². The number of anilines is 1. The third-order valence-electron chi connectivity index (χ3n) is 5.65. The number of aryl methyl sites for hydroxylation is 2. The monoisotopic (exact) mass is 367 g/mol. The summed E-state index contributed by atoms with van der Waals surface area (Å²) in [7, 11) is -2.90. The molecule has 0 fully saturated rings. The average molecular weight is 367 g/mol. The summed E-state index contributed by atoms with van der Waals surface area (Å²) in [5.41, 5.74) is 7.10. The standard InChI is InChI=1S/C20H21N3O2S/c24-20(23-26(25)18-10-2-1-5-15(18)12-21-26)22-19-16-8-3-6-13(16)11-14-7-4-9-17(14)19/h1-2,5,10-11H,3-4,6-9,12H2,(H2,21,22,23,24,25). The first-order valence-electron chi connectivity index (χ1n) is 9.21. The van der Waals surface area contributed by atoms with Gasteiger partial charge >= 0.3 is 6.03 Å². The van der Waals surface area contributed by atoms with Crippen molar-refractivity contribution in [2.45, 2.75) is 50.0 Å². The topological polar surface area (TPSA) is 70.6 Å². The molecule has 1 atom stereocenters. The first-order valence-corrected chi connectivity index (χ1v) is 10.7. The largest absolute Gasteiger partial charge is 0.354 e. The van der Waals surface area contributed by atoms with Crippen LogP contribution < -0.4 is 10.0 Å². The molecule has 5 rings (SSSR count). The molecule has 1 heterocycles. The summed E-state index contributed by atoms with van der Waals surface area (Å²) in [5, 5.41) is 3.00. The number of nitrogens with one attached hydrogen (secondary N) is 2. The lowest BCUT2D eigenvalue weighted by Gasteiger charge is -2.15. The second-order valence-electron chi connectivity index (χ2n) is 7.21. The molecule has 1 aliphatic heterocycles. The molecule has 0 bridgehead atoms. The fourth-order valence-electron chi connectivity index (χ4n) is 4.47. The van der Waals surface area contributed by atoms with E-state index in [1.807, 2.05) is 18.2 Å². The number of rotatable bonds is 1. The van der Waals surface area contributed by atoms with Crippen LogP contribution in [0.15, 0.2) is 39.6 Å². The Morgan fingerprint density at radius 3 is 2.42 bits per heavy atom. The molecule has 0 aromatic heterocycles. The molecule has 2 aromatic rings. The van der Waals surface area contributed by atoms with Crippen LogP contribution in [0, 0.1) is 0 Å². The summed E-state index contributed by atoms with van der Waals surface area (Å²) in [6, 6.07) is 9.24. The first kappa shape index (κ1) is 16.0. The van der Waals surface area contributed by atoms with Crippen molar-refractivity contribution in [2.24, 2.45) is 4.36 Å². The molecule has 2 aromatic carbocycles. The number of amides is 2. The molecule has 3 aliphatic rings. The number of carbonyl (C=O) groups excluding carboxylic acids is 1. The van der Waals surface area contributed by atoms with Gasteiger partial charge in [0.2, 0.25) is 0 Å². The van der Waals surface area contributed by atoms with E-state index in [4.69, 9.17) is 0 Å². The van der Waals surface area contributed by atoms with Crippen LogP contribution in [0.5, 0.6) is 0 Å². The van der Waals surface area contributed by atoms with Gasteiger partial charge in [-0.2, -0.15) is 0 Å². The molecule has 2 amide bonds. The second-order valence-corrected chi connectivity index (χ2v) is 9.17. The molecule has 1 unspecified atom stereocenters. The van der Waals surface area contributed by atoms with E-state index >= 15 is 0 Å². The highest BCUT2D eigenvalue weighted by molar-refractivity contribution is 7.92. The minimum atomic E-state index is -2.90. The van der Waals surface area contributed by atoms with Crippen LogP contribution in [0.1, 0.15) is 40.7 Å². The molecule has 0 saturated carbocycles. The summed E-state index contributed by atoms with van der Waals surface area (Å²) in [6.45, 7) is 0.474. The van der Waals surface area contributed by atoms with E-state index in [9.17, 15) is 9.00 Å². The Morgan fingerprint density at radius 2 is 1.69 bits per heavy atom. The summed E-state index contributed by atoms with van der Waals surface area (Å²) >= 11 is 0. The molecular weight excluding hydrogens is 346 g/mol. The molecule has 26 heavy (non-hydrogen) atoms. The molecule has 2 aliphatic carbocycles. The highest BCUT2D eigenvalue weighted by Crippen LogP contribution is 2.38. The van der Waals surface area contributed by atoms with E-state index in [0.29, 0.717) is 11.4 Å². The number of nitrogens with zero attached hydrogens (tertiary/aromatic N) is 1. The van der Waals surface area contributed by atoms with Gasteiger partial charge in [-0.15, -0.1) is 4.36 Å². The Balaban J connectivity index is 1.52. The van der Waals surface area contributed by atoms with Crippen LogP contribution in [-0.4, -0.2) is 10.2 Å². The van der Waals surface area contributed by atoms with Gasteiger partial charge in [0.25, 0.3) is 0 Å². The van der Waals surface area contributed by atoms with Crippen molar-refractivity contribution in [2.75, 3.05) is 5.32 Å². The maximum Gasteiger partial charge on any atom is 0.354 e. The zero-order valence-electron chi connectivity index (χ0n) is 14.5. The number of urea groups is 1. The molecule has 134 valence electrons. The Bertz CT molecular complexity index is 1020. The Morgan fingerprint density at radius 1 is 1.00 bits per heavy atom. The average Bonchev–Trinajstić information content (AvgIpc) is 3.34. The number of hydrogen-bond acceptors (Lipinski definition) is 2. The molecular formula is C20H21N3O2S. The molecule has 0 saturated heterocycles. The number of carbonyl (C=O) groups is 1. The van der Waals surface area contributed by atoms with Crippen molar-refractivity contribution >= 4 is 21.6 Å². The summed E-state index contributed by atoms with van der Waals surface area (Å²) in [5.74, 6) is 0. The zero-order valence-corrected chi connectivity index (χ0v) is 15.3. The van der Waals surface area contributed by atoms with Gasteiger partial charge < -0.3 is 5.32 Å². The van der Waals surface area contributed by atoms with E-state index in [-0.39, 0.29) is 0 Å². The van der Waals surface area contributed by atoms with Gasteiger partial charge in [0, 0.05) is 12.2 Å². The van der Waals surface area contributed by atoms with Crippen molar-refractivity contribution < 1.29 is 9.00 Å². The van der Waals surface area contributed by atoms with E-state index in [1.54, 1.807) is 6.07 Å². The lowest BCUT2D eigenvalue weighted by atomic mass is 9.99. The predicted octanol–water partition coefficient (Wildman–Crippen LogP) is 3.74. The van der Waals surface area contributed by atoms with E-state index in [2.05, 4.69) is 20.5 Å². The normalized spacial score (nSPS) is 22.6. The van der Waals surface area contributed by atoms with Crippen molar-refractivity contribution in [3.05, 3.63) is 58.1 Å². The van der Waals surface area contributed by atoms with E-state index in [0.717, 1.165) is 49.8 Å². The van der Waals surface area contributed by atoms with Crippen LogP contribution in [-0.2, 0) is 42.1 Å². The van der Waals surface area contributed by atoms with Gasteiger partial charge in [-0.25, -0.2) is 13.7 Å². The summed E-state index contributed by atoms with van der Waals surface area (Å²) in [6.07, 6.45) is 6.40. The van der Waals surface area contributed by atoms with Crippen LogP contribution in [0.4, 0.5) is 10.5 Å². The third kappa shape index (κ3) is 2.47. The number of hydrogen-bond donors (Lipinski definition) is 2. The van der Waals surface area contributed by atoms with Crippen molar-refractivity contribution in [3.63, 3.8) is 0 Å². The maximum atomic E-state index is 13.1. The van der Waals surface area contributed by atoms with Gasteiger partial charge in [0.15, 0.2) is 0 Å². The third-order valence-corrected chi connectivity index (χ3v) is 7.60. The zero-order chi connectivity index (χ0) is 17.7. The van der Waals surface area contributed by atoms with Crippen LogP contribution in [0.25, 0.3) is 0 Å². The van der Waals surface area contributed by atoms with Crippen LogP contribution in [0.2, 0.25) is 0 Å². The van der Waals surface area contributed by atoms with Crippen LogP contribution >= 0.6 is 0 Å². The minimum absolute atomic E-state index is 0.474. The lowest BCUT2D eigenvalue weighted by Crippen LogP contribution is -2.19. The van der Waals surface area contributed by atoms with Gasteiger partial charge in [0.1, 0.15) is 9.92 Å². The fourth-order valence-corrected chi connectivity index (χ4v) is 6.18. The van der Waals surface area contributed by atoms with Crippen molar-refractivity contribution in [3.8, 4) is 0 Å². The summed E-state index contributed by atoms with van der Waals surface area (Å²) in [4.78, 5) is 13.3. The van der Waals surface area contributed by atoms with Gasteiger partial charge in [-0.3, -0.25) is 0 Å². The molecule has 5 nitrogen and oxygen atoms in total. The van der Waals surface area contributed by atoms with E-state index < -0.39 is 15.9 Å². The smallest absolute Gasteiger partial charge is 0.305 e. The fraction of sp³-hybridized carbons (Fsp3) is 0.350. The highest BCUT2D eigenvalue weighted by atomic mass is 32.2. The number of fused-ring (bicyclic) bond motifs is 3. The Hall–Kier alpha value is -2.18. The second kappa shape index (κ2) is 5.93. The van der Waals surface area contributed by atoms with Crippen LogP contribution in [0.3, 0.4) is 0 Å². The molecule has 2 N–H and O–H groups in total. The van der Waals surface area contributed by atoms with Crippen molar-refractivity contribution in [1.29, 1.82) is 0 Å². The SMILES string of the molecule is O=C(N=S1(=O)NCc2ccccc21)Nc1c2c(cc3c1CCC3)CCC2. The Kier molecular flexibility index (Phi) is 3.65. The van der Waals surface area contributed by atoms with Gasteiger partial charge in [-0.05, 0) is 72.4 Å². The van der Waals surface area contributed by atoms with Gasteiger partial charge in [-0.1, -0.05) is 24.3 Å².